The van der Waals surface area contributed by atoms with Crippen molar-refractivity contribution in [1.82, 2.24) is 9.97 Å². The number of alkyl halides is 1. The monoisotopic (exact) mass is 234 g/mol. The van der Waals surface area contributed by atoms with Crippen LogP contribution in [0.15, 0.2) is 23.6 Å². The van der Waals surface area contributed by atoms with Crippen molar-refractivity contribution in [3.63, 3.8) is 0 Å². The molecule has 0 N–H and O–H groups in total. The summed E-state index contributed by atoms with van der Waals surface area (Å²) in [6, 6.07) is 1.39. The van der Waals surface area contributed by atoms with Gasteiger partial charge < -0.3 is 0 Å². The van der Waals surface area contributed by atoms with Crippen molar-refractivity contribution in [3.8, 4) is 0 Å². The van der Waals surface area contributed by atoms with Gasteiger partial charge in [0.1, 0.15) is 6.33 Å². The molecule has 1 rings (SSSR count). The molecule has 0 saturated carbocycles. The second kappa shape index (κ2) is 4.70. The summed E-state index contributed by atoms with van der Waals surface area (Å²) in [7, 11) is -3.34. The molecule has 0 fully saturated rings. The first kappa shape index (κ1) is 11.4. The number of hydrogen-bond acceptors (Lipinski definition) is 4. The minimum absolute atomic E-state index is 0.0603. The Kier molecular flexibility index (Phi) is 3.83. The minimum Gasteiger partial charge on any atom is -0.245 e. The zero-order valence-electron chi connectivity index (χ0n) is 7.72. The second-order valence-corrected chi connectivity index (χ2v) is 5.57. The van der Waals surface area contributed by atoms with Gasteiger partial charge in [-0.25, -0.2) is 18.4 Å². The first-order valence-corrected chi connectivity index (χ1v) is 6.23. The van der Waals surface area contributed by atoms with E-state index in [-0.39, 0.29) is 5.03 Å². The second-order valence-electron chi connectivity index (χ2n) is 2.88. The molecule has 0 saturated heterocycles. The van der Waals surface area contributed by atoms with Gasteiger partial charge in [-0.3, -0.25) is 0 Å². The molecule has 14 heavy (non-hydrogen) atoms. The molecular weight excluding hydrogens is 224 g/mol. The lowest BCUT2D eigenvalue weighted by Crippen LogP contribution is -2.19. The van der Waals surface area contributed by atoms with E-state index in [0.29, 0.717) is 12.3 Å². The average molecular weight is 235 g/mol. The summed E-state index contributed by atoms with van der Waals surface area (Å²) in [5.41, 5.74) is 0. The molecular formula is C8H11ClN2O2S. The molecule has 1 unspecified atom stereocenters. The molecule has 6 heteroatoms. The Hall–Kier alpha value is -0.680. The van der Waals surface area contributed by atoms with E-state index in [1.807, 2.05) is 0 Å². The standard InChI is InChI=1S/C8H11ClN2O2S/c1-7(2-4-9)14(12,13)8-3-5-10-6-11-8/h3,5-7H,2,4H2,1H3. The summed E-state index contributed by atoms with van der Waals surface area (Å²) < 4.78 is 23.5. The number of nitrogens with zero attached hydrogens (tertiary/aromatic N) is 2. The maximum absolute atomic E-state index is 11.8. The third-order valence-electron chi connectivity index (χ3n) is 1.89. The molecule has 0 aliphatic carbocycles. The van der Waals surface area contributed by atoms with Gasteiger partial charge in [0.05, 0.1) is 5.25 Å². The molecule has 0 aromatic carbocycles. The average Bonchev–Trinajstić information content (AvgIpc) is 2.19. The van der Waals surface area contributed by atoms with Gasteiger partial charge in [0, 0.05) is 12.1 Å². The first-order valence-electron chi connectivity index (χ1n) is 4.15. The highest BCUT2D eigenvalue weighted by atomic mass is 35.5. The molecule has 0 spiro atoms. The predicted molar refractivity (Wildman–Crippen MR) is 54.0 cm³/mol. The van der Waals surface area contributed by atoms with E-state index in [1.165, 1.54) is 18.6 Å². The molecule has 4 nitrogen and oxygen atoms in total. The van der Waals surface area contributed by atoms with Gasteiger partial charge in [-0.15, -0.1) is 11.6 Å². The Bertz CT molecular complexity index is 380. The van der Waals surface area contributed by atoms with Gasteiger partial charge >= 0.3 is 0 Å². The lowest BCUT2D eigenvalue weighted by molar-refractivity contribution is 0.577. The highest BCUT2D eigenvalue weighted by Gasteiger charge is 2.23. The summed E-state index contributed by atoms with van der Waals surface area (Å²) in [5, 5.41) is -0.444. The van der Waals surface area contributed by atoms with Gasteiger partial charge in [0.25, 0.3) is 0 Å². The number of halogens is 1. The summed E-state index contributed by atoms with van der Waals surface area (Å²) in [5.74, 6) is 0.325. The zero-order valence-corrected chi connectivity index (χ0v) is 9.29. The lowest BCUT2D eigenvalue weighted by atomic mass is 10.4. The molecule has 1 atom stereocenters. The van der Waals surface area contributed by atoms with Crippen molar-refractivity contribution in [2.75, 3.05) is 5.88 Å². The Balaban J connectivity index is 2.97. The third-order valence-corrected chi connectivity index (χ3v) is 4.23. The predicted octanol–water partition coefficient (Wildman–Crippen LogP) is 1.27. The highest BCUT2D eigenvalue weighted by molar-refractivity contribution is 7.92. The largest absolute Gasteiger partial charge is 0.245 e. The van der Waals surface area contributed by atoms with Gasteiger partial charge in [-0.2, -0.15) is 0 Å². The topological polar surface area (TPSA) is 59.9 Å². The molecule has 0 aliphatic rings. The van der Waals surface area contributed by atoms with E-state index in [0.717, 1.165) is 0 Å². The number of hydrogen-bond donors (Lipinski definition) is 0. The number of rotatable bonds is 4. The van der Waals surface area contributed by atoms with Crippen molar-refractivity contribution in [1.29, 1.82) is 0 Å². The van der Waals surface area contributed by atoms with E-state index in [9.17, 15) is 8.42 Å². The van der Waals surface area contributed by atoms with Crippen LogP contribution in [0, 0.1) is 0 Å². The van der Waals surface area contributed by atoms with Crippen LogP contribution in [0.1, 0.15) is 13.3 Å². The normalized spacial score (nSPS) is 13.9. The molecule has 0 amide bonds. The molecule has 0 bridgehead atoms. The van der Waals surface area contributed by atoms with Crippen molar-refractivity contribution < 1.29 is 8.42 Å². The van der Waals surface area contributed by atoms with E-state index in [4.69, 9.17) is 11.6 Å². The van der Waals surface area contributed by atoms with Gasteiger partial charge in [0.15, 0.2) is 14.9 Å². The maximum atomic E-state index is 11.8. The van der Waals surface area contributed by atoms with Crippen LogP contribution in [0.3, 0.4) is 0 Å². The van der Waals surface area contributed by atoms with E-state index < -0.39 is 15.1 Å². The molecule has 0 aliphatic heterocycles. The van der Waals surface area contributed by atoms with Crippen LogP contribution in [0.2, 0.25) is 0 Å². The number of aromatic nitrogens is 2. The first-order chi connectivity index (χ1) is 6.59. The van der Waals surface area contributed by atoms with Gasteiger partial charge in [0.2, 0.25) is 0 Å². The lowest BCUT2D eigenvalue weighted by Gasteiger charge is -2.09. The van der Waals surface area contributed by atoms with E-state index in [2.05, 4.69) is 9.97 Å². The maximum Gasteiger partial charge on any atom is 0.198 e. The van der Waals surface area contributed by atoms with E-state index >= 15 is 0 Å². The van der Waals surface area contributed by atoms with Crippen molar-refractivity contribution in [3.05, 3.63) is 18.6 Å². The molecule has 1 aromatic heterocycles. The van der Waals surface area contributed by atoms with Crippen molar-refractivity contribution in [2.45, 2.75) is 23.6 Å². The van der Waals surface area contributed by atoms with Crippen LogP contribution in [-0.2, 0) is 9.84 Å². The smallest absolute Gasteiger partial charge is 0.198 e. The molecule has 1 aromatic rings. The fraction of sp³-hybridized carbons (Fsp3) is 0.500. The summed E-state index contributed by atoms with van der Waals surface area (Å²) in [6.07, 6.45) is 3.06. The van der Waals surface area contributed by atoms with Crippen LogP contribution in [-0.4, -0.2) is 29.5 Å². The van der Waals surface area contributed by atoms with Gasteiger partial charge in [-0.05, 0) is 19.4 Å². The van der Waals surface area contributed by atoms with Crippen LogP contribution >= 0.6 is 11.6 Å². The van der Waals surface area contributed by atoms with Crippen molar-refractivity contribution >= 4 is 21.4 Å². The third kappa shape index (κ3) is 2.42. The zero-order chi connectivity index (χ0) is 10.6. The Labute approximate surface area is 88.3 Å². The van der Waals surface area contributed by atoms with E-state index in [1.54, 1.807) is 6.92 Å². The van der Waals surface area contributed by atoms with Crippen molar-refractivity contribution in [2.24, 2.45) is 0 Å². The van der Waals surface area contributed by atoms with Crippen LogP contribution in [0.25, 0.3) is 0 Å². The Morgan fingerprint density at radius 2 is 2.29 bits per heavy atom. The fourth-order valence-corrected chi connectivity index (χ4v) is 2.70. The summed E-state index contributed by atoms with van der Waals surface area (Å²) in [4.78, 5) is 7.37. The molecule has 78 valence electrons. The quantitative estimate of drug-likeness (QED) is 0.582. The summed E-state index contributed by atoms with van der Waals surface area (Å²) in [6.45, 7) is 1.62. The highest BCUT2D eigenvalue weighted by Crippen LogP contribution is 2.15. The minimum atomic E-state index is -3.34. The fourth-order valence-electron chi connectivity index (χ4n) is 0.962. The van der Waals surface area contributed by atoms with Crippen LogP contribution < -0.4 is 0 Å². The Morgan fingerprint density at radius 3 is 2.79 bits per heavy atom. The summed E-state index contributed by atoms with van der Waals surface area (Å²) >= 11 is 5.49. The SMILES string of the molecule is CC(CCCl)S(=O)(=O)c1ccncn1. The molecule has 0 radical (unpaired) electrons. The van der Waals surface area contributed by atoms with Gasteiger partial charge in [-0.1, -0.05) is 0 Å². The molecule has 1 heterocycles. The number of sulfone groups is 1. The Morgan fingerprint density at radius 1 is 1.57 bits per heavy atom. The van der Waals surface area contributed by atoms with Crippen LogP contribution in [0.5, 0.6) is 0 Å². The van der Waals surface area contributed by atoms with Crippen LogP contribution in [0.4, 0.5) is 0 Å².